The Morgan fingerprint density at radius 3 is 2.36 bits per heavy atom. The first-order valence-corrected chi connectivity index (χ1v) is 5.51. The molecule has 0 bridgehead atoms. The topological polar surface area (TPSA) is 40.9 Å². The summed E-state index contributed by atoms with van der Waals surface area (Å²) < 4.78 is 0. The SMILES string of the molecule is CCCC(C)(CC)C(=O)C1(C#N)CC1. The summed E-state index contributed by atoms with van der Waals surface area (Å²) in [4.78, 5) is 12.2. The van der Waals surface area contributed by atoms with Crippen LogP contribution in [-0.4, -0.2) is 5.78 Å². The molecule has 1 aliphatic rings. The molecule has 0 aliphatic heterocycles. The Bertz CT molecular complexity index is 273. The van der Waals surface area contributed by atoms with Crippen molar-refractivity contribution < 1.29 is 4.79 Å². The zero-order chi connectivity index (χ0) is 10.8. The number of hydrogen-bond acceptors (Lipinski definition) is 2. The van der Waals surface area contributed by atoms with Gasteiger partial charge in [0.05, 0.1) is 6.07 Å². The van der Waals surface area contributed by atoms with E-state index in [1.807, 2.05) is 13.8 Å². The third-order valence-corrected chi connectivity index (χ3v) is 3.53. The van der Waals surface area contributed by atoms with Gasteiger partial charge in [-0.05, 0) is 25.7 Å². The fraction of sp³-hybridized carbons (Fsp3) is 0.833. The first kappa shape index (κ1) is 11.2. The van der Waals surface area contributed by atoms with Crippen LogP contribution in [0.5, 0.6) is 0 Å². The summed E-state index contributed by atoms with van der Waals surface area (Å²) in [5.41, 5.74) is -0.860. The lowest BCUT2D eigenvalue weighted by atomic mass is 9.73. The lowest BCUT2D eigenvalue weighted by Gasteiger charge is -2.28. The molecule has 0 aromatic carbocycles. The van der Waals surface area contributed by atoms with Crippen LogP contribution in [0.1, 0.15) is 52.9 Å². The Labute approximate surface area is 86.3 Å². The van der Waals surface area contributed by atoms with Crippen molar-refractivity contribution in [1.82, 2.24) is 0 Å². The molecule has 0 heterocycles. The monoisotopic (exact) mass is 193 g/mol. The minimum Gasteiger partial charge on any atom is -0.297 e. The zero-order valence-corrected chi connectivity index (χ0v) is 9.39. The highest BCUT2D eigenvalue weighted by atomic mass is 16.1. The average molecular weight is 193 g/mol. The number of nitriles is 1. The minimum absolute atomic E-state index is 0.192. The van der Waals surface area contributed by atoms with E-state index >= 15 is 0 Å². The van der Waals surface area contributed by atoms with Gasteiger partial charge in [0.2, 0.25) is 0 Å². The van der Waals surface area contributed by atoms with Crippen LogP contribution in [0, 0.1) is 22.2 Å². The normalized spacial score (nSPS) is 22.1. The third kappa shape index (κ3) is 1.68. The fourth-order valence-electron chi connectivity index (χ4n) is 2.09. The molecule has 0 amide bonds. The maximum atomic E-state index is 12.2. The smallest absolute Gasteiger partial charge is 0.158 e. The van der Waals surface area contributed by atoms with Crippen LogP contribution < -0.4 is 0 Å². The number of hydrogen-bond donors (Lipinski definition) is 0. The lowest BCUT2D eigenvalue weighted by Crippen LogP contribution is -2.33. The van der Waals surface area contributed by atoms with Crippen molar-refractivity contribution >= 4 is 5.78 Å². The number of nitrogens with zero attached hydrogens (tertiary/aromatic N) is 1. The highest BCUT2D eigenvalue weighted by Gasteiger charge is 2.55. The summed E-state index contributed by atoms with van der Waals surface area (Å²) in [5.74, 6) is 0.192. The summed E-state index contributed by atoms with van der Waals surface area (Å²) >= 11 is 0. The standard InChI is InChI=1S/C12H19NO/c1-4-6-11(3,5-2)10(14)12(9-13)7-8-12/h4-8H2,1-3H3. The van der Waals surface area contributed by atoms with E-state index in [1.54, 1.807) is 0 Å². The first-order valence-electron chi connectivity index (χ1n) is 5.51. The molecule has 2 heteroatoms. The maximum Gasteiger partial charge on any atom is 0.158 e. The molecule has 1 saturated carbocycles. The molecule has 78 valence electrons. The number of Topliss-reactive ketones (excluding diaryl/α,β-unsaturated/α-hetero) is 1. The number of carbonyl (C=O) groups is 1. The van der Waals surface area contributed by atoms with E-state index in [9.17, 15) is 4.79 Å². The van der Waals surface area contributed by atoms with Gasteiger partial charge in [-0.3, -0.25) is 4.79 Å². The average Bonchev–Trinajstić information content (AvgIpc) is 2.97. The van der Waals surface area contributed by atoms with E-state index in [4.69, 9.17) is 5.26 Å². The fourth-order valence-corrected chi connectivity index (χ4v) is 2.09. The molecular weight excluding hydrogens is 174 g/mol. The quantitative estimate of drug-likeness (QED) is 0.673. The van der Waals surface area contributed by atoms with Gasteiger partial charge in [0.15, 0.2) is 5.78 Å². The van der Waals surface area contributed by atoms with E-state index in [-0.39, 0.29) is 11.2 Å². The molecule has 1 atom stereocenters. The zero-order valence-electron chi connectivity index (χ0n) is 9.39. The second-order valence-corrected chi connectivity index (χ2v) is 4.69. The van der Waals surface area contributed by atoms with Crippen molar-refractivity contribution in [1.29, 1.82) is 5.26 Å². The molecule has 1 fully saturated rings. The lowest BCUT2D eigenvalue weighted by molar-refractivity contribution is -0.132. The molecule has 1 unspecified atom stereocenters. The molecule has 2 nitrogen and oxygen atoms in total. The number of rotatable bonds is 5. The molecule has 1 rings (SSSR count). The summed E-state index contributed by atoms with van der Waals surface area (Å²) in [5, 5.41) is 8.98. The largest absolute Gasteiger partial charge is 0.297 e. The van der Waals surface area contributed by atoms with Gasteiger partial charge in [-0.25, -0.2) is 0 Å². The Balaban J connectivity index is 2.81. The molecule has 1 aliphatic carbocycles. The van der Waals surface area contributed by atoms with Crippen LogP contribution in [0.25, 0.3) is 0 Å². The van der Waals surface area contributed by atoms with E-state index in [0.717, 1.165) is 32.1 Å². The van der Waals surface area contributed by atoms with E-state index in [1.165, 1.54) is 0 Å². The first-order chi connectivity index (χ1) is 6.54. The number of ketones is 1. The Morgan fingerprint density at radius 2 is 2.07 bits per heavy atom. The summed E-state index contributed by atoms with van der Waals surface area (Å²) in [6.07, 6.45) is 4.33. The van der Waals surface area contributed by atoms with Crippen molar-refractivity contribution in [2.75, 3.05) is 0 Å². The van der Waals surface area contributed by atoms with Crippen LogP contribution >= 0.6 is 0 Å². The molecule has 14 heavy (non-hydrogen) atoms. The predicted octanol–water partition coefficient (Wildman–Crippen LogP) is 3.08. The number of carbonyl (C=O) groups excluding carboxylic acids is 1. The minimum atomic E-state index is -0.597. The van der Waals surface area contributed by atoms with Crippen LogP contribution in [0.3, 0.4) is 0 Å². The van der Waals surface area contributed by atoms with Gasteiger partial charge >= 0.3 is 0 Å². The second kappa shape index (κ2) is 3.73. The molecule has 0 aromatic heterocycles. The van der Waals surface area contributed by atoms with Crippen LogP contribution in [-0.2, 0) is 4.79 Å². The molecule has 0 N–H and O–H groups in total. The van der Waals surface area contributed by atoms with Gasteiger partial charge in [-0.2, -0.15) is 5.26 Å². The Hall–Kier alpha value is -0.840. The van der Waals surface area contributed by atoms with Crippen molar-refractivity contribution in [3.63, 3.8) is 0 Å². The Kier molecular flexibility index (Phi) is 2.99. The molecule has 0 saturated heterocycles. The summed E-state index contributed by atoms with van der Waals surface area (Å²) in [6, 6.07) is 2.20. The summed E-state index contributed by atoms with van der Waals surface area (Å²) in [7, 11) is 0. The van der Waals surface area contributed by atoms with E-state index < -0.39 is 5.41 Å². The van der Waals surface area contributed by atoms with Crippen molar-refractivity contribution in [3.8, 4) is 6.07 Å². The van der Waals surface area contributed by atoms with Gasteiger partial charge in [0.25, 0.3) is 0 Å². The van der Waals surface area contributed by atoms with E-state index in [0.29, 0.717) is 0 Å². The van der Waals surface area contributed by atoms with Gasteiger partial charge in [0, 0.05) is 5.41 Å². The van der Waals surface area contributed by atoms with Crippen LogP contribution in [0.15, 0.2) is 0 Å². The van der Waals surface area contributed by atoms with Gasteiger partial charge in [-0.15, -0.1) is 0 Å². The summed E-state index contributed by atoms with van der Waals surface area (Å²) in [6.45, 7) is 6.14. The molecule has 0 radical (unpaired) electrons. The van der Waals surface area contributed by atoms with Crippen LogP contribution in [0.2, 0.25) is 0 Å². The maximum absolute atomic E-state index is 12.2. The van der Waals surface area contributed by atoms with Gasteiger partial charge < -0.3 is 0 Å². The van der Waals surface area contributed by atoms with E-state index in [2.05, 4.69) is 13.0 Å². The molecular formula is C12H19NO. The third-order valence-electron chi connectivity index (χ3n) is 3.53. The van der Waals surface area contributed by atoms with Gasteiger partial charge in [0.1, 0.15) is 5.41 Å². The highest BCUT2D eigenvalue weighted by molar-refractivity contribution is 5.94. The van der Waals surface area contributed by atoms with Crippen molar-refractivity contribution in [2.45, 2.75) is 52.9 Å². The van der Waals surface area contributed by atoms with Gasteiger partial charge in [-0.1, -0.05) is 27.2 Å². The van der Waals surface area contributed by atoms with Crippen molar-refractivity contribution in [3.05, 3.63) is 0 Å². The second-order valence-electron chi connectivity index (χ2n) is 4.69. The molecule has 0 aromatic rings. The molecule has 0 spiro atoms. The highest BCUT2D eigenvalue weighted by Crippen LogP contribution is 2.51. The Morgan fingerprint density at radius 1 is 1.50 bits per heavy atom. The predicted molar refractivity (Wildman–Crippen MR) is 55.6 cm³/mol. The van der Waals surface area contributed by atoms with Crippen LogP contribution in [0.4, 0.5) is 0 Å². The van der Waals surface area contributed by atoms with Crippen molar-refractivity contribution in [2.24, 2.45) is 10.8 Å².